The van der Waals surface area contributed by atoms with Crippen LogP contribution in [0.4, 0.5) is 4.79 Å². The lowest BCUT2D eigenvalue weighted by Crippen LogP contribution is -2.36. The van der Waals surface area contributed by atoms with Gasteiger partial charge in [-0.25, -0.2) is 4.79 Å². The predicted octanol–water partition coefficient (Wildman–Crippen LogP) is 2.81. The zero-order valence-electron chi connectivity index (χ0n) is 15.0. The van der Waals surface area contributed by atoms with Gasteiger partial charge in [-0.05, 0) is 47.0 Å². The second-order valence-corrected chi connectivity index (χ2v) is 7.34. The van der Waals surface area contributed by atoms with Gasteiger partial charge in [0.15, 0.2) is 0 Å². The molecule has 1 saturated heterocycles. The fourth-order valence-corrected chi connectivity index (χ4v) is 2.73. The fourth-order valence-electron chi connectivity index (χ4n) is 2.73. The van der Waals surface area contributed by atoms with Crippen LogP contribution in [0.5, 0.6) is 0 Å². The van der Waals surface area contributed by atoms with Crippen LogP contribution in [-0.4, -0.2) is 46.0 Å². The highest BCUT2D eigenvalue weighted by molar-refractivity contribution is 5.68. The van der Waals surface area contributed by atoms with E-state index in [9.17, 15) is 4.79 Å². The van der Waals surface area contributed by atoms with E-state index < -0.39 is 5.60 Å². The van der Waals surface area contributed by atoms with E-state index in [4.69, 9.17) is 4.74 Å². The number of hydrogen-bond donors (Lipinski definition) is 1. The Balaban J connectivity index is 1.76. The van der Waals surface area contributed by atoms with E-state index in [0.717, 1.165) is 32.6 Å². The number of nitrogens with one attached hydrogen (secondary N) is 1. The molecule has 130 valence electrons. The van der Waals surface area contributed by atoms with Gasteiger partial charge in [0.1, 0.15) is 5.60 Å². The molecule has 0 radical (unpaired) electrons. The molecule has 1 aromatic heterocycles. The molecule has 0 saturated carbocycles. The number of nitrogens with zero attached hydrogens (tertiary/aromatic N) is 3. The van der Waals surface area contributed by atoms with E-state index in [1.54, 1.807) is 0 Å². The second-order valence-electron chi connectivity index (χ2n) is 7.34. The third-order valence-corrected chi connectivity index (χ3v) is 4.13. The summed E-state index contributed by atoms with van der Waals surface area (Å²) in [5.41, 5.74) is 0.773. The number of rotatable bonds is 5. The number of carbonyl (C=O) groups excluding carboxylic acids is 1. The Morgan fingerprint density at radius 2 is 2.26 bits per heavy atom. The van der Waals surface area contributed by atoms with Gasteiger partial charge in [-0.2, -0.15) is 5.10 Å². The van der Waals surface area contributed by atoms with Crippen molar-refractivity contribution in [1.82, 2.24) is 20.0 Å². The van der Waals surface area contributed by atoms with Gasteiger partial charge in [-0.15, -0.1) is 0 Å². The first-order valence-corrected chi connectivity index (χ1v) is 8.52. The molecule has 1 amide bonds. The maximum Gasteiger partial charge on any atom is 0.410 e. The zero-order valence-corrected chi connectivity index (χ0v) is 15.0. The third kappa shape index (κ3) is 5.23. The first-order valence-electron chi connectivity index (χ1n) is 8.52. The first-order chi connectivity index (χ1) is 10.8. The highest BCUT2D eigenvalue weighted by Gasteiger charge is 2.29. The smallest absolute Gasteiger partial charge is 0.410 e. The molecule has 0 aromatic carbocycles. The van der Waals surface area contributed by atoms with E-state index in [1.165, 1.54) is 5.56 Å². The standard InChI is InChI=1S/C17H30N4O2/c1-6-21-12-15(10-19-21)13(2)18-9-14-7-8-20(11-14)16(22)23-17(3,4)5/h10,12-14,18H,6-9,11H2,1-5H3. The van der Waals surface area contributed by atoms with Crippen molar-refractivity contribution >= 4 is 6.09 Å². The minimum atomic E-state index is -0.429. The van der Waals surface area contributed by atoms with Crippen molar-refractivity contribution in [3.05, 3.63) is 18.0 Å². The molecular formula is C17H30N4O2. The fraction of sp³-hybridized carbons (Fsp3) is 0.765. The van der Waals surface area contributed by atoms with E-state index in [2.05, 4.69) is 30.5 Å². The van der Waals surface area contributed by atoms with Gasteiger partial charge in [0.2, 0.25) is 0 Å². The number of ether oxygens (including phenoxy) is 1. The van der Waals surface area contributed by atoms with Gasteiger partial charge in [0.25, 0.3) is 0 Å². The van der Waals surface area contributed by atoms with Crippen LogP contribution in [0.2, 0.25) is 0 Å². The Morgan fingerprint density at radius 3 is 2.87 bits per heavy atom. The molecule has 1 aliphatic rings. The molecule has 0 spiro atoms. The monoisotopic (exact) mass is 322 g/mol. The number of aromatic nitrogens is 2. The van der Waals surface area contributed by atoms with Crippen molar-refractivity contribution in [2.45, 2.75) is 59.2 Å². The minimum absolute atomic E-state index is 0.197. The summed E-state index contributed by atoms with van der Waals surface area (Å²) in [6, 6.07) is 0.269. The van der Waals surface area contributed by atoms with Crippen molar-refractivity contribution in [3.8, 4) is 0 Å². The molecular weight excluding hydrogens is 292 g/mol. The van der Waals surface area contributed by atoms with Crippen molar-refractivity contribution in [2.75, 3.05) is 19.6 Å². The van der Waals surface area contributed by atoms with Crippen molar-refractivity contribution in [1.29, 1.82) is 0 Å². The van der Waals surface area contributed by atoms with Crippen LogP contribution in [0.1, 0.15) is 52.6 Å². The van der Waals surface area contributed by atoms with Crippen molar-refractivity contribution in [2.24, 2.45) is 5.92 Å². The molecule has 1 N–H and O–H groups in total. The quantitative estimate of drug-likeness (QED) is 0.905. The molecule has 2 unspecified atom stereocenters. The number of carbonyl (C=O) groups is 1. The molecule has 0 aliphatic carbocycles. The lowest BCUT2D eigenvalue weighted by atomic mass is 10.1. The van der Waals surface area contributed by atoms with Gasteiger partial charge in [0.05, 0.1) is 6.20 Å². The summed E-state index contributed by atoms with van der Waals surface area (Å²) < 4.78 is 7.37. The van der Waals surface area contributed by atoms with Gasteiger partial charge in [-0.1, -0.05) is 0 Å². The molecule has 2 atom stereocenters. The molecule has 1 aliphatic heterocycles. The van der Waals surface area contributed by atoms with Crippen LogP contribution in [0, 0.1) is 5.92 Å². The number of hydrogen-bond acceptors (Lipinski definition) is 4. The maximum absolute atomic E-state index is 12.1. The Kier molecular flexibility index (Phi) is 5.68. The second kappa shape index (κ2) is 7.34. The highest BCUT2D eigenvalue weighted by Crippen LogP contribution is 2.20. The molecule has 1 fully saturated rings. The molecule has 6 nitrogen and oxygen atoms in total. The normalized spacial score (nSPS) is 19.9. The van der Waals surface area contributed by atoms with Gasteiger partial charge < -0.3 is 15.0 Å². The molecule has 0 bridgehead atoms. The molecule has 23 heavy (non-hydrogen) atoms. The summed E-state index contributed by atoms with van der Waals surface area (Å²) in [7, 11) is 0. The lowest BCUT2D eigenvalue weighted by molar-refractivity contribution is 0.0288. The third-order valence-electron chi connectivity index (χ3n) is 4.13. The van der Waals surface area contributed by atoms with Gasteiger partial charge >= 0.3 is 6.09 Å². The first kappa shape index (κ1) is 17.8. The Bertz CT molecular complexity index is 521. The molecule has 2 heterocycles. The summed E-state index contributed by atoms with van der Waals surface area (Å²) in [5, 5.41) is 7.87. The number of amides is 1. The average Bonchev–Trinajstić information content (AvgIpc) is 3.12. The van der Waals surface area contributed by atoms with Crippen LogP contribution in [-0.2, 0) is 11.3 Å². The van der Waals surface area contributed by atoms with E-state index in [-0.39, 0.29) is 12.1 Å². The van der Waals surface area contributed by atoms with Gasteiger partial charge in [-0.3, -0.25) is 4.68 Å². The minimum Gasteiger partial charge on any atom is -0.444 e. The number of likely N-dealkylation sites (tertiary alicyclic amines) is 1. The molecule has 2 rings (SSSR count). The summed E-state index contributed by atoms with van der Waals surface area (Å²) in [6.45, 7) is 13.3. The maximum atomic E-state index is 12.1. The van der Waals surface area contributed by atoms with Crippen LogP contribution in [0.25, 0.3) is 0 Å². The Labute approximate surface area is 139 Å². The summed E-state index contributed by atoms with van der Waals surface area (Å²) in [6.07, 6.45) is 4.83. The number of aryl methyl sites for hydroxylation is 1. The average molecular weight is 322 g/mol. The highest BCUT2D eigenvalue weighted by atomic mass is 16.6. The van der Waals surface area contributed by atoms with E-state index in [1.807, 2.05) is 36.5 Å². The Morgan fingerprint density at radius 1 is 1.52 bits per heavy atom. The van der Waals surface area contributed by atoms with Crippen LogP contribution >= 0.6 is 0 Å². The zero-order chi connectivity index (χ0) is 17.0. The summed E-state index contributed by atoms with van der Waals surface area (Å²) in [4.78, 5) is 13.9. The van der Waals surface area contributed by atoms with E-state index in [0.29, 0.717) is 5.92 Å². The largest absolute Gasteiger partial charge is 0.444 e. The summed E-state index contributed by atoms with van der Waals surface area (Å²) >= 11 is 0. The van der Waals surface area contributed by atoms with Crippen LogP contribution in [0.15, 0.2) is 12.4 Å². The van der Waals surface area contributed by atoms with Gasteiger partial charge in [0, 0.05) is 44.0 Å². The Hall–Kier alpha value is -1.56. The van der Waals surface area contributed by atoms with Crippen LogP contribution < -0.4 is 5.32 Å². The van der Waals surface area contributed by atoms with E-state index >= 15 is 0 Å². The molecule has 6 heteroatoms. The predicted molar refractivity (Wildman–Crippen MR) is 90.2 cm³/mol. The SMILES string of the molecule is CCn1cc(C(C)NCC2CCN(C(=O)OC(C)(C)C)C2)cn1. The topological polar surface area (TPSA) is 59.4 Å². The molecule has 1 aromatic rings. The van der Waals surface area contributed by atoms with Crippen molar-refractivity contribution < 1.29 is 9.53 Å². The summed E-state index contributed by atoms with van der Waals surface area (Å²) in [5.74, 6) is 0.478. The van der Waals surface area contributed by atoms with Crippen LogP contribution in [0.3, 0.4) is 0 Å². The van der Waals surface area contributed by atoms with Crippen molar-refractivity contribution in [3.63, 3.8) is 0 Å². The lowest BCUT2D eigenvalue weighted by Gasteiger charge is -2.24.